The Morgan fingerprint density at radius 3 is 3.09 bits per heavy atom. The number of aromatic nitrogens is 3. The molecule has 11 heavy (non-hydrogen) atoms. The standard InChI is InChI=1S/C5H6N4O2/c10-5(11)6-3-4-1-2-7-9-8-4/h1-2,6H,3H2,(H,10,11). The van der Waals surface area contributed by atoms with Gasteiger partial charge in [0.15, 0.2) is 0 Å². The van der Waals surface area contributed by atoms with Crippen molar-refractivity contribution in [3.63, 3.8) is 0 Å². The summed E-state index contributed by atoms with van der Waals surface area (Å²) < 4.78 is 0. The van der Waals surface area contributed by atoms with Crippen LogP contribution in [0.15, 0.2) is 12.3 Å². The molecule has 0 radical (unpaired) electrons. The molecule has 0 saturated carbocycles. The summed E-state index contributed by atoms with van der Waals surface area (Å²) in [6.45, 7) is 0.158. The number of hydrogen-bond donors (Lipinski definition) is 2. The van der Waals surface area contributed by atoms with Crippen LogP contribution in [-0.4, -0.2) is 26.6 Å². The number of nitrogens with zero attached hydrogens (tertiary/aromatic N) is 3. The van der Waals surface area contributed by atoms with Gasteiger partial charge in [-0.25, -0.2) is 4.79 Å². The normalized spacial score (nSPS) is 9.09. The van der Waals surface area contributed by atoms with Crippen LogP contribution in [0.3, 0.4) is 0 Å². The smallest absolute Gasteiger partial charge is 0.404 e. The second kappa shape index (κ2) is 3.45. The molecule has 0 unspecified atom stereocenters. The highest BCUT2D eigenvalue weighted by molar-refractivity contribution is 5.64. The summed E-state index contributed by atoms with van der Waals surface area (Å²) in [4.78, 5) is 10.00. The van der Waals surface area contributed by atoms with Gasteiger partial charge in [-0.2, -0.15) is 0 Å². The molecule has 2 N–H and O–H groups in total. The van der Waals surface area contributed by atoms with Crippen LogP contribution in [0.4, 0.5) is 4.79 Å². The van der Waals surface area contributed by atoms with Crippen molar-refractivity contribution in [3.05, 3.63) is 18.0 Å². The molecular formula is C5H6N4O2. The highest BCUT2D eigenvalue weighted by atomic mass is 16.4. The molecule has 1 rings (SSSR count). The minimum absolute atomic E-state index is 0.158. The van der Waals surface area contributed by atoms with E-state index in [1.54, 1.807) is 6.07 Å². The minimum Gasteiger partial charge on any atom is -0.465 e. The number of rotatable bonds is 2. The van der Waals surface area contributed by atoms with Crippen LogP contribution < -0.4 is 5.32 Å². The molecule has 0 bridgehead atoms. The fraction of sp³-hybridized carbons (Fsp3) is 0.200. The Balaban J connectivity index is 2.45. The molecule has 0 aromatic carbocycles. The van der Waals surface area contributed by atoms with Gasteiger partial charge in [0.05, 0.1) is 18.4 Å². The van der Waals surface area contributed by atoms with E-state index in [1.165, 1.54) is 6.20 Å². The van der Waals surface area contributed by atoms with Gasteiger partial charge >= 0.3 is 6.09 Å². The van der Waals surface area contributed by atoms with Gasteiger partial charge in [0.2, 0.25) is 0 Å². The van der Waals surface area contributed by atoms with Crippen LogP contribution in [0.25, 0.3) is 0 Å². The van der Waals surface area contributed by atoms with E-state index in [2.05, 4.69) is 20.7 Å². The molecule has 1 aromatic heterocycles. The summed E-state index contributed by atoms with van der Waals surface area (Å²) in [5.41, 5.74) is 0.544. The zero-order valence-corrected chi connectivity index (χ0v) is 5.56. The molecule has 1 aromatic rings. The first-order valence-electron chi connectivity index (χ1n) is 2.89. The van der Waals surface area contributed by atoms with Crippen molar-refractivity contribution in [3.8, 4) is 0 Å². The number of carbonyl (C=O) groups is 1. The Hall–Kier alpha value is -1.72. The molecule has 0 atom stereocenters. The van der Waals surface area contributed by atoms with E-state index in [0.29, 0.717) is 5.69 Å². The fourth-order valence-corrected chi connectivity index (χ4v) is 0.526. The van der Waals surface area contributed by atoms with Crippen LogP contribution in [0, 0.1) is 0 Å². The molecule has 0 aliphatic rings. The monoisotopic (exact) mass is 154 g/mol. The first-order valence-corrected chi connectivity index (χ1v) is 2.89. The van der Waals surface area contributed by atoms with Gasteiger partial charge in [-0.1, -0.05) is 0 Å². The Bertz CT molecular complexity index is 237. The molecule has 0 saturated heterocycles. The van der Waals surface area contributed by atoms with E-state index >= 15 is 0 Å². The van der Waals surface area contributed by atoms with Gasteiger partial charge in [-0.05, 0) is 11.3 Å². The van der Waals surface area contributed by atoms with Crippen LogP contribution >= 0.6 is 0 Å². The summed E-state index contributed by atoms with van der Waals surface area (Å²) in [5, 5.41) is 20.7. The van der Waals surface area contributed by atoms with Gasteiger partial charge in [0.25, 0.3) is 0 Å². The first kappa shape index (κ1) is 7.39. The van der Waals surface area contributed by atoms with Crippen LogP contribution in [0.2, 0.25) is 0 Å². The third-order valence-electron chi connectivity index (χ3n) is 0.979. The second-order valence-electron chi connectivity index (χ2n) is 1.77. The lowest BCUT2D eigenvalue weighted by molar-refractivity contribution is 0.193. The number of nitrogens with one attached hydrogen (secondary N) is 1. The van der Waals surface area contributed by atoms with Gasteiger partial charge in [0.1, 0.15) is 0 Å². The predicted molar refractivity (Wildman–Crippen MR) is 34.7 cm³/mol. The number of hydrogen-bond acceptors (Lipinski definition) is 4. The van der Waals surface area contributed by atoms with Crippen molar-refractivity contribution in [1.82, 2.24) is 20.7 Å². The van der Waals surface area contributed by atoms with E-state index < -0.39 is 6.09 Å². The number of carboxylic acid groups (broad SMARTS) is 1. The van der Waals surface area contributed by atoms with Crippen molar-refractivity contribution < 1.29 is 9.90 Å². The maximum absolute atomic E-state index is 10.00. The van der Waals surface area contributed by atoms with Crippen LogP contribution in [-0.2, 0) is 6.54 Å². The Morgan fingerprint density at radius 2 is 2.55 bits per heavy atom. The third-order valence-corrected chi connectivity index (χ3v) is 0.979. The summed E-state index contributed by atoms with van der Waals surface area (Å²) >= 11 is 0. The summed E-state index contributed by atoms with van der Waals surface area (Å²) in [7, 11) is 0. The second-order valence-corrected chi connectivity index (χ2v) is 1.77. The molecule has 6 heteroatoms. The average molecular weight is 154 g/mol. The van der Waals surface area contributed by atoms with E-state index in [4.69, 9.17) is 5.11 Å². The minimum atomic E-state index is -1.08. The third kappa shape index (κ3) is 2.57. The van der Waals surface area contributed by atoms with Gasteiger partial charge in [-0.15, -0.1) is 10.2 Å². The topological polar surface area (TPSA) is 88.0 Å². The van der Waals surface area contributed by atoms with Crippen molar-refractivity contribution >= 4 is 6.09 Å². The molecule has 1 heterocycles. The van der Waals surface area contributed by atoms with Crippen molar-refractivity contribution in [2.75, 3.05) is 0 Å². The van der Waals surface area contributed by atoms with Gasteiger partial charge in [0, 0.05) is 0 Å². The lowest BCUT2D eigenvalue weighted by Gasteiger charge is -1.96. The summed E-state index contributed by atoms with van der Waals surface area (Å²) in [6.07, 6.45) is 0.370. The zero-order chi connectivity index (χ0) is 8.10. The summed E-state index contributed by atoms with van der Waals surface area (Å²) in [6, 6.07) is 1.59. The van der Waals surface area contributed by atoms with Crippen molar-refractivity contribution in [2.45, 2.75) is 6.54 Å². The molecule has 0 aliphatic carbocycles. The molecule has 0 fully saturated rings. The maximum Gasteiger partial charge on any atom is 0.404 e. The lowest BCUT2D eigenvalue weighted by Crippen LogP contribution is -2.20. The lowest BCUT2D eigenvalue weighted by atomic mass is 10.4. The Labute approximate surface area is 62.3 Å². The quantitative estimate of drug-likeness (QED) is 0.607. The maximum atomic E-state index is 10.00. The van der Waals surface area contributed by atoms with Crippen molar-refractivity contribution in [1.29, 1.82) is 0 Å². The first-order chi connectivity index (χ1) is 5.29. The number of amides is 1. The van der Waals surface area contributed by atoms with E-state index in [-0.39, 0.29) is 6.54 Å². The van der Waals surface area contributed by atoms with Gasteiger partial charge in [-0.3, -0.25) is 0 Å². The highest BCUT2D eigenvalue weighted by Gasteiger charge is 1.96. The zero-order valence-electron chi connectivity index (χ0n) is 5.56. The molecule has 58 valence electrons. The van der Waals surface area contributed by atoms with E-state index in [1.807, 2.05) is 0 Å². The average Bonchev–Trinajstić information content (AvgIpc) is 2.03. The molecule has 0 aliphatic heterocycles. The molecular weight excluding hydrogens is 148 g/mol. The molecule has 1 amide bonds. The Kier molecular flexibility index (Phi) is 2.32. The van der Waals surface area contributed by atoms with E-state index in [9.17, 15) is 4.79 Å². The molecule has 0 spiro atoms. The highest BCUT2D eigenvalue weighted by Crippen LogP contribution is 1.86. The van der Waals surface area contributed by atoms with Crippen LogP contribution in [0.1, 0.15) is 5.69 Å². The molecule has 6 nitrogen and oxygen atoms in total. The van der Waals surface area contributed by atoms with Gasteiger partial charge < -0.3 is 10.4 Å². The predicted octanol–water partition coefficient (Wildman–Crippen LogP) is -0.361. The SMILES string of the molecule is O=C(O)NCc1ccnnn1. The van der Waals surface area contributed by atoms with E-state index in [0.717, 1.165) is 0 Å². The fourth-order valence-electron chi connectivity index (χ4n) is 0.526. The largest absolute Gasteiger partial charge is 0.465 e. The summed E-state index contributed by atoms with van der Waals surface area (Å²) in [5.74, 6) is 0. The Morgan fingerprint density at radius 1 is 1.73 bits per heavy atom. The van der Waals surface area contributed by atoms with Crippen molar-refractivity contribution in [2.24, 2.45) is 0 Å². The van der Waals surface area contributed by atoms with Crippen LogP contribution in [0.5, 0.6) is 0 Å².